The van der Waals surface area contributed by atoms with E-state index in [1.165, 1.54) is 71.3 Å². The fourth-order valence-electron chi connectivity index (χ4n) is 0.235. The monoisotopic (exact) mass is 500 g/mol. The van der Waals surface area contributed by atoms with Gasteiger partial charge in [0.05, 0.1) is 8.39 Å². The number of carbonyl (C=O) groups is 3. The zero-order valence-electron chi connectivity index (χ0n) is 15.0. The summed E-state index contributed by atoms with van der Waals surface area (Å²) in [7, 11) is 5.03. The number of Topliss-reactive ketones (excluding diaryl/α,β-unsaturated/α-hetero) is 1. The quantitative estimate of drug-likeness (QED) is 0.271. The Bertz CT molecular complexity index is 320. The van der Waals surface area contributed by atoms with Crippen LogP contribution in [0.3, 0.4) is 0 Å². The Balaban J connectivity index is -0.0000000707. The van der Waals surface area contributed by atoms with Crippen molar-refractivity contribution in [3.8, 4) is 0 Å². The third-order valence-corrected chi connectivity index (χ3v) is 6.20. The topological polar surface area (TPSA) is 51.2 Å². The van der Waals surface area contributed by atoms with Gasteiger partial charge in [-0.05, 0) is 70.9 Å². The molecule has 0 unspecified atom stereocenters. The molecular weight excluding hydrogens is 483 g/mol. The van der Waals surface area contributed by atoms with Gasteiger partial charge in [0.15, 0.2) is 10.2 Å². The average Bonchev–Trinajstić information content (AvgIpc) is 2.47. The normalized spacial score (nSPS) is 7.42. The molecule has 0 saturated heterocycles. The van der Waals surface area contributed by atoms with Gasteiger partial charge in [0, 0.05) is 36.2 Å². The van der Waals surface area contributed by atoms with Crippen molar-refractivity contribution >= 4 is 158 Å². The zero-order valence-corrected chi connectivity index (χ0v) is 25.5. The fraction of sp³-hybridized carbons (Fsp3) is 0.545. The molecule has 0 aliphatic heterocycles. The minimum absolute atomic E-state index is 0.0369. The van der Waals surface area contributed by atoms with Crippen LogP contribution >= 0.6 is 67.6 Å². The molecular formula is C11H18Na2O3S8. The molecule has 0 atom stereocenters. The van der Waals surface area contributed by atoms with Crippen molar-refractivity contribution in [2.75, 3.05) is 0 Å². The van der Waals surface area contributed by atoms with E-state index >= 15 is 0 Å². The van der Waals surface area contributed by atoms with Gasteiger partial charge in [-0.15, -0.1) is 0 Å². The van der Waals surface area contributed by atoms with Gasteiger partial charge >= 0.3 is 43.6 Å². The number of hydrogen-bond donors (Lipinski definition) is 0. The summed E-state index contributed by atoms with van der Waals surface area (Å²) in [6, 6.07) is 0. The van der Waals surface area contributed by atoms with E-state index in [9.17, 15) is 14.4 Å². The second kappa shape index (κ2) is 33.6. The van der Waals surface area contributed by atoms with Gasteiger partial charge in [0.1, 0.15) is 5.78 Å². The average molecular weight is 501 g/mol. The van der Waals surface area contributed by atoms with Crippen LogP contribution in [0.25, 0.3) is 0 Å². The van der Waals surface area contributed by atoms with Crippen molar-refractivity contribution in [1.82, 2.24) is 0 Å². The molecule has 0 spiro atoms. The molecule has 0 bridgehead atoms. The fourth-order valence-corrected chi connectivity index (χ4v) is 2.72. The van der Waals surface area contributed by atoms with E-state index in [1.54, 1.807) is 21.6 Å². The second-order valence-electron chi connectivity index (χ2n) is 3.21. The Hall–Kier alpha value is 3.03. The van der Waals surface area contributed by atoms with E-state index in [0.29, 0.717) is 0 Å². The van der Waals surface area contributed by atoms with Gasteiger partial charge in [-0.3, -0.25) is 9.59 Å². The zero-order chi connectivity index (χ0) is 20.7. The first-order chi connectivity index (χ1) is 11.0. The predicted molar refractivity (Wildman–Crippen MR) is 131 cm³/mol. The first kappa shape index (κ1) is 37.7. The molecule has 24 heavy (non-hydrogen) atoms. The molecule has 0 aromatic carbocycles. The van der Waals surface area contributed by atoms with Gasteiger partial charge in [0.25, 0.3) is 0 Å². The van der Waals surface area contributed by atoms with E-state index in [1.807, 2.05) is 13.8 Å². The Morgan fingerprint density at radius 2 is 0.792 bits per heavy atom. The Morgan fingerprint density at radius 3 is 0.875 bits per heavy atom. The van der Waals surface area contributed by atoms with Crippen LogP contribution in [0.4, 0.5) is 0 Å². The maximum absolute atomic E-state index is 10.1. The summed E-state index contributed by atoms with van der Waals surface area (Å²) in [5.74, 6) is 0.167. The third-order valence-electron chi connectivity index (χ3n) is 0.553. The molecule has 0 aromatic rings. The molecule has 130 valence electrons. The second-order valence-corrected chi connectivity index (χ2v) is 9.99. The van der Waals surface area contributed by atoms with Crippen LogP contribution in [-0.4, -0.2) is 68.0 Å². The van der Waals surface area contributed by atoms with Crippen LogP contribution in [0, 0.1) is 0 Å². The molecule has 0 N–H and O–H groups in total. The van der Waals surface area contributed by atoms with Crippen molar-refractivity contribution in [3.05, 3.63) is 0 Å². The van der Waals surface area contributed by atoms with E-state index < -0.39 is 0 Å². The van der Waals surface area contributed by atoms with Gasteiger partial charge in [0.2, 0.25) is 0 Å². The van der Waals surface area contributed by atoms with Crippen LogP contribution in [-0.2, 0) is 36.8 Å². The van der Waals surface area contributed by atoms with Gasteiger partial charge < -0.3 is 4.79 Å². The van der Waals surface area contributed by atoms with Gasteiger partial charge in [-0.25, -0.2) is 0 Å². The van der Waals surface area contributed by atoms with E-state index in [2.05, 4.69) is 22.4 Å². The van der Waals surface area contributed by atoms with Crippen LogP contribution in [0.5, 0.6) is 0 Å². The van der Waals surface area contributed by atoms with Crippen molar-refractivity contribution < 1.29 is 14.4 Å². The van der Waals surface area contributed by atoms with Crippen molar-refractivity contribution in [3.63, 3.8) is 0 Å². The number of hydrogen-bond acceptors (Lipinski definition) is 11. The van der Waals surface area contributed by atoms with Crippen LogP contribution in [0.1, 0.15) is 41.5 Å². The van der Waals surface area contributed by atoms with Crippen molar-refractivity contribution in [2.45, 2.75) is 41.5 Å². The van der Waals surface area contributed by atoms with Gasteiger partial charge in [-0.1, -0.05) is 24.4 Å². The van der Waals surface area contributed by atoms with Crippen molar-refractivity contribution in [1.29, 1.82) is 0 Å². The number of carbonyl (C=O) groups excluding carboxylic acids is 3. The molecule has 13 heteroatoms. The summed E-state index contributed by atoms with van der Waals surface area (Å²) in [5, 5.41) is -0.0737. The first-order valence-corrected chi connectivity index (χ1v) is 20.8. The number of rotatable bonds is 0. The predicted octanol–water partition coefficient (Wildman–Crippen LogP) is 4.35. The number of ketones is 1. The summed E-state index contributed by atoms with van der Waals surface area (Å²) < 4.78 is 1.86. The first-order valence-electron chi connectivity index (χ1n) is 6.34. The third kappa shape index (κ3) is 85.1. The summed E-state index contributed by atoms with van der Waals surface area (Å²) in [6.45, 7) is 9.71. The van der Waals surface area contributed by atoms with Crippen molar-refractivity contribution in [2.24, 2.45) is 0 Å². The molecule has 0 amide bonds. The molecule has 0 aromatic heterocycles. The van der Waals surface area contributed by atoms with Crippen LogP contribution in [0.15, 0.2) is 0 Å². The summed E-state index contributed by atoms with van der Waals surface area (Å²) in [5.41, 5.74) is 0. The summed E-state index contributed by atoms with van der Waals surface area (Å²) >= 11 is 19.8. The molecule has 0 heterocycles. The minimum atomic E-state index is -0.0369. The van der Waals surface area contributed by atoms with Crippen LogP contribution < -0.4 is 0 Å². The Morgan fingerprint density at radius 1 is 0.625 bits per heavy atom. The summed E-state index contributed by atoms with van der Waals surface area (Å²) in [6.07, 6.45) is 0. The van der Waals surface area contributed by atoms with Gasteiger partial charge in [-0.2, -0.15) is 0 Å². The molecule has 0 saturated carbocycles. The molecule has 0 aliphatic rings. The van der Waals surface area contributed by atoms with Crippen LogP contribution in [0.2, 0.25) is 0 Å². The Kier molecular flexibility index (Phi) is 52.8. The standard InChI is InChI=1S/C4H6O2S2.C4H6S4.C3H6O.2Na.S2/c2*1-3(5)7-8-4(2)6;1-3(2)4;;;1-2/h2*1-2H3;1-2H3;;;. The maximum atomic E-state index is 10.1. The van der Waals surface area contributed by atoms with E-state index in [0.717, 1.165) is 30.0 Å². The molecule has 0 aliphatic carbocycles. The SMILES string of the molecule is CC(=O)SSC(C)=O.CC(=S)SSC(C)=S.CC(C)=O.S=S.[Na][Na]. The molecule has 0 fully saturated rings. The van der Waals surface area contributed by atoms with E-state index in [4.69, 9.17) is 24.4 Å². The summed E-state index contributed by atoms with van der Waals surface area (Å²) in [4.78, 5) is 29.7. The molecule has 0 rings (SSSR count). The number of thiocarbonyl (C=S) groups is 2. The van der Waals surface area contributed by atoms with E-state index in [-0.39, 0.29) is 16.0 Å². The molecule has 3 nitrogen and oxygen atoms in total. The molecule has 0 radical (unpaired) electrons. The Labute approximate surface area is 210 Å².